The largest absolute Gasteiger partial charge is 0.545 e. The van der Waals surface area contributed by atoms with Crippen LogP contribution in [0.3, 0.4) is 0 Å². The summed E-state index contributed by atoms with van der Waals surface area (Å²) in [6.45, 7) is 7.59. The number of pyridine rings is 1. The number of carboxylic acids is 1. The molecule has 1 heterocycles. The summed E-state index contributed by atoms with van der Waals surface area (Å²) in [6.07, 6.45) is 1.39. The number of rotatable bonds is 4. The SMILES string of the molecule is C=Cc1nc(-c2c(C)cccc2C)cc(OC)c1C(=O)[O-]. The topological polar surface area (TPSA) is 62.2 Å². The number of aromatic nitrogens is 1. The number of aryl methyl sites for hydroxylation is 2. The highest BCUT2D eigenvalue weighted by atomic mass is 16.5. The molecule has 0 bridgehead atoms. The zero-order valence-corrected chi connectivity index (χ0v) is 12.3. The molecule has 0 atom stereocenters. The Bertz CT molecular complexity index is 700. The third-order valence-corrected chi connectivity index (χ3v) is 3.37. The van der Waals surface area contributed by atoms with Gasteiger partial charge in [-0.3, -0.25) is 0 Å². The molecule has 0 aliphatic rings. The summed E-state index contributed by atoms with van der Waals surface area (Å²) >= 11 is 0. The van der Waals surface area contributed by atoms with Crippen LogP contribution in [-0.2, 0) is 0 Å². The monoisotopic (exact) mass is 282 g/mol. The number of carbonyl (C=O) groups excluding carboxylic acids is 1. The Hall–Kier alpha value is -2.62. The fourth-order valence-electron chi connectivity index (χ4n) is 2.40. The number of benzene rings is 1. The van der Waals surface area contributed by atoms with Crippen molar-refractivity contribution in [1.29, 1.82) is 0 Å². The van der Waals surface area contributed by atoms with Crippen LogP contribution in [0, 0.1) is 13.8 Å². The zero-order chi connectivity index (χ0) is 15.6. The maximum atomic E-state index is 11.3. The van der Waals surface area contributed by atoms with E-state index in [4.69, 9.17) is 4.74 Å². The summed E-state index contributed by atoms with van der Waals surface area (Å²) in [4.78, 5) is 15.7. The fourth-order valence-corrected chi connectivity index (χ4v) is 2.40. The van der Waals surface area contributed by atoms with Gasteiger partial charge in [-0.05, 0) is 31.1 Å². The molecule has 0 aliphatic carbocycles. The molecular weight excluding hydrogens is 266 g/mol. The van der Waals surface area contributed by atoms with Gasteiger partial charge in [-0.15, -0.1) is 0 Å². The number of hydrogen-bond acceptors (Lipinski definition) is 4. The van der Waals surface area contributed by atoms with E-state index in [0.717, 1.165) is 16.7 Å². The molecule has 0 amide bonds. The molecule has 0 fully saturated rings. The van der Waals surface area contributed by atoms with Gasteiger partial charge >= 0.3 is 0 Å². The first-order chi connectivity index (χ1) is 9.99. The molecule has 0 saturated carbocycles. The van der Waals surface area contributed by atoms with Crippen molar-refractivity contribution in [3.63, 3.8) is 0 Å². The first-order valence-electron chi connectivity index (χ1n) is 6.49. The van der Waals surface area contributed by atoms with E-state index in [9.17, 15) is 9.90 Å². The van der Waals surface area contributed by atoms with Crippen molar-refractivity contribution in [3.8, 4) is 17.0 Å². The van der Waals surface area contributed by atoms with Gasteiger partial charge in [0.2, 0.25) is 0 Å². The summed E-state index contributed by atoms with van der Waals surface area (Å²) in [5, 5.41) is 11.3. The van der Waals surface area contributed by atoms with Crippen molar-refractivity contribution in [2.45, 2.75) is 13.8 Å². The lowest BCUT2D eigenvalue weighted by molar-refractivity contribution is -0.255. The van der Waals surface area contributed by atoms with Gasteiger partial charge in [0.25, 0.3) is 0 Å². The molecular formula is C17H16NO3-. The lowest BCUT2D eigenvalue weighted by Gasteiger charge is -2.16. The van der Waals surface area contributed by atoms with Gasteiger partial charge in [0, 0.05) is 11.6 Å². The van der Waals surface area contributed by atoms with Crippen LogP contribution in [0.1, 0.15) is 27.2 Å². The van der Waals surface area contributed by atoms with Crippen LogP contribution in [-0.4, -0.2) is 18.1 Å². The quantitative estimate of drug-likeness (QED) is 0.863. The summed E-state index contributed by atoms with van der Waals surface area (Å²) in [7, 11) is 1.42. The van der Waals surface area contributed by atoms with Crippen molar-refractivity contribution in [2.75, 3.05) is 7.11 Å². The molecule has 1 aromatic heterocycles. The molecule has 4 heteroatoms. The Morgan fingerprint density at radius 1 is 1.33 bits per heavy atom. The predicted octanol–water partition coefficient (Wildman–Crippen LogP) is 2.38. The minimum Gasteiger partial charge on any atom is -0.545 e. The van der Waals surface area contributed by atoms with Crippen LogP contribution >= 0.6 is 0 Å². The van der Waals surface area contributed by atoms with Crippen molar-refractivity contribution < 1.29 is 14.6 Å². The predicted molar refractivity (Wildman–Crippen MR) is 80.1 cm³/mol. The summed E-state index contributed by atoms with van der Waals surface area (Å²) < 4.78 is 5.18. The third-order valence-electron chi connectivity index (χ3n) is 3.37. The van der Waals surface area contributed by atoms with E-state index in [-0.39, 0.29) is 17.0 Å². The van der Waals surface area contributed by atoms with Gasteiger partial charge in [0.15, 0.2) is 0 Å². The normalized spacial score (nSPS) is 10.2. The second kappa shape index (κ2) is 5.79. The van der Waals surface area contributed by atoms with E-state index >= 15 is 0 Å². The fraction of sp³-hybridized carbons (Fsp3) is 0.176. The smallest absolute Gasteiger partial charge is 0.132 e. The third kappa shape index (κ3) is 2.65. The minimum atomic E-state index is -1.33. The van der Waals surface area contributed by atoms with Gasteiger partial charge in [0.1, 0.15) is 5.75 Å². The number of ether oxygens (including phenoxy) is 1. The van der Waals surface area contributed by atoms with Crippen LogP contribution in [0.4, 0.5) is 0 Å². The number of carboxylic acid groups (broad SMARTS) is 1. The number of methoxy groups -OCH3 is 1. The average molecular weight is 282 g/mol. The zero-order valence-electron chi connectivity index (χ0n) is 12.3. The van der Waals surface area contributed by atoms with Gasteiger partial charge in [-0.25, -0.2) is 4.98 Å². The van der Waals surface area contributed by atoms with Gasteiger partial charge < -0.3 is 14.6 Å². The van der Waals surface area contributed by atoms with E-state index in [2.05, 4.69) is 11.6 Å². The Morgan fingerprint density at radius 2 is 1.95 bits per heavy atom. The highest BCUT2D eigenvalue weighted by molar-refractivity contribution is 5.94. The van der Waals surface area contributed by atoms with Gasteiger partial charge in [-0.2, -0.15) is 0 Å². The summed E-state index contributed by atoms with van der Waals surface area (Å²) in [6, 6.07) is 7.55. The Morgan fingerprint density at radius 3 is 2.43 bits per heavy atom. The van der Waals surface area contributed by atoms with Crippen molar-refractivity contribution in [2.24, 2.45) is 0 Å². The van der Waals surface area contributed by atoms with Gasteiger partial charge in [-0.1, -0.05) is 24.8 Å². The summed E-state index contributed by atoms with van der Waals surface area (Å²) in [5.41, 5.74) is 3.89. The highest BCUT2D eigenvalue weighted by Gasteiger charge is 2.15. The molecule has 0 aliphatic heterocycles. The number of nitrogens with zero attached hydrogens (tertiary/aromatic N) is 1. The van der Waals surface area contributed by atoms with E-state index < -0.39 is 5.97 Å². The first kappa shape index (κ1) is 14.8. The number of carbonyl (C=O) groups is 1. The molecule has 108 valence electrons. The number of aromatic carboxylic acids is 1. The maximum Gasteiger partial charge on any atom is 0.132 e. The van der Waals surface area contributed by atoms with Gasteiger partial charge in [0.05, 0.1) is 30.0 Å². The molecule has 0 N–H and O–H groups in total. The molecule has 0 spiro atoms. The average Bonchev–Trinajstić information content (AvgIpc) is 2.45. The van der Waals surface area contributed by atoms with Crippen LogP contribution in [0.25, 0.3) is 17.3 Å². The molecule has 0 radical (unpaired) electrons. The molecule has 2 rings (SSSR count). The van der Waals surface area contributed by atoms with E-state index in [1.54, 1.807) is 6.07 Å². The second-order valence-electron chi connectivity index (χ2n) is 4.73. The van der Waals surface area contributed by atoms with Crippen LogP contribution in [0.2, 0.25) is 0 Å². The molecule has 4 nitrogen and oxygen atoms in total. The van der Waals surface area contributed by atoms with Crippen molar-refractivity contribution in [1.82, 2.24) is 4.98 Å². The molecule has 2 aromatic rings. The van der Waals surface area contributed by atoms with E-state index in [0.29, 0.717) is 5.69 Å². The Labute approximate surface area is 123 Å². The molecule has 1 aromatic carbocycles. The highest BCUT2D eigenvalue weighted by Crippen LogP contribution is 2.31. The lowest BCUT2D eigenvalue weighted by Crippen LogP contribution is -2.24. The molecule has 0 saturated heterocycles. The van der Waals surface area contributed by atoms with E-state index in [1.165, 1.54) is 13.2 Å². The minimum absolute atomic E-state index is 0.0810. The second-order valence-corrected chi connectivity index (χ2v) is 4.73. The molecule has 0 unspecified atom stereocenters. The van der Waals surface area contributed by atoms with Crippen molar-refractivity contribution >= 4 is 12.0 Å². The maximum absolute atomic E-state index is 11.3. The Balaban J connectivity index is 2.78. The van der Waals surface area contributed by atoms with Crippen LogP contribution in [0.15, 0.2) is 30.8 Å². The lowest BCUT2D eigenvalue weighted by atomic mass is 9.98. The standard InChI is InChI=1S/C17H17NO3/c1-5-12-16(17(19)20)14(21-4)9-13(18-12)15-10(2)7-6-8-11(15)3/h5-9H,1H2,2-4H3,(H,19,20)/p-1. The van der Waals surface area contributed by atoms with Crippen molar-refractivity contribution in [3.05, 3.63) is 53.2 Å². The first-order valence-corrected chi connectivity index (χ1v) is 6.49. The molecule has 21 heavy (non-hydrogen) atoms. The van der Waals surface area contributed by atoms with E-state index in [1.807, 2.05) is 32.0 Å². The number of hydrogen-bond donors (Lipinski definition) is 0. The summed E-state index contributed by atoms with van der Waals surface area (Å²) in [5.74, 6) is -1.11. The van der Waals surface area contributed by atoms with Crippen LogP contribution in [0.5, 0.6) is 5.75 Å². The van der Waals surface area contributed by atoms with Crippen LogP contribution < -0.4 is 9.84 Å². The Kier molecular flexibility index (Phi) is 4.08.